The van der Waals surface area contributed by atoms with Gasteiger partial charge in [-0.05, 0) is 54.5 Å². The van der Waals surface area contributed by atoms with Crippen LogP contribution >= 0.6 is 7.60 Å². The van der Waals surface area contributed by atoms with Gasteiger partial charge in [0.2, 0.25) is 0 Å². The van der Waals surface area contributed by atoms with E-state index >= 15 is 0 Å². The predicted octanol–water partition coefficient (Wildman–Crippen LogP) is 4.61. The Kier molecular flexibility index (Phi) is 8.64. The lowest BCUT2D eigenvalue weighted by atomic mass is 9.87. The number of hydrogen-bond donors (Lipinski definition) is 3. The van der Waals surface area contributed by atoms with Gasteiger partial charge in [-0.25, -0.2) is 8.42 Å². The Morgan fingerprint density at radius 3 is 2.44 bits per heavy atom. The van der Waals surface area contributed by atoms with E-state index in [1.54, 1.807) is 12.1 Å². The molecule has 0 fully saturated rings. The SMILES string of the molecule is CCCC[C@]1(CC)CS(=O)(=O)c2cc(CCCP(=O)(O)O)c(OC)cc2[C@@H](c2ccccc2)N1. The van der Waals surface area contributed by atoms with Crippen LogP contribution in [-0.4, -0.2) is 42.8 Å². The van der Waals surface area contributed by atoms with E-state index in [2.05, 4.69) is 12.2 Å². The molecule has 1 aliphatic heterocycles. The first-order valence-corrected chi connectivity index (χ1v) is 15.3. The highest BCUT2D eigenvalue weighted by molar-refractivity contribution is 7.91. The number of aryl methyl sites for hydroxylation is 1. The number of hydrogen-bond acceptors (Lipinski definition) is 5. The van der Waals surface area contributed by atoms with Crippen molar-refractivity contribution in [2.24, 2.45) is 0 Å². The summed E-state index contributed by atoms with van der Waals surface area (Å²) in [6.07, 6.45) is 3.61. The summed E-state index contributed by atoms with van der Waals surface area (Å²) >= 11 is 0. The van der Waals surface area contributed by atoms with Crippen molar-refractivity contribution in [2.45, 2.75) is 68.8 Å². The molecule has 0 radical (unpaired) electrons. The third-order valence-corrected chi connectivity index (χ3v) is 9.54. The Labute approximate surface area is 203 Å². The number of methoxy groups -OCH3 is 1. The lowest BCUT2D eigenvalue weighted by molar-refractivity contribution is 0.294. The molecular weight excluding hydrogens is 473 g/mol. The molecule has 7 nitrogen and oxygen atoms in total. The summed E-state index contributed by atoms with van der Waals surface area (Å²) in [6.45, 7) is 4.14. The fourth-order valence-corrected chi connectivity index (χ4v) is 7.53. The highest BCUT2D eigenvalue weighted by atomic mass is 32.2. The van der Waals surface area contributed by atoms with E-state index in [-0.39, 0.29) is 29.3 Å². The van der Waals surface area contributed by atoms with Crippen LogP contribution in [0.4, 0.5) is 0 Å². The van der Waals surface area contributed by atoms with Crippen molar-refractivity contribution < 1.29 is 27.5 Å². The fraction of sp³-hybridized carbons (Fsp3) is 0.520. The Morgan fingerprint density at radius 1 is 1.15 bits per heavy atom. The Balaban J connectivity index is 2.16. The van der Waals surface area contributed by atoms with Crippen LogP contribution in [-0.2, 0) is 20.8 Å². The average molecular weight is 510 g/mol. The summed E-state index contributed by atoms with van der Waals surface area (Å²) in [7, 11) is -6.25. The van der Waals surface area contributed by atoms with Gasteiger partial charge in [0.15, 0.2) is 9.84 Å². The van der Waals surface area contributed by atoms with Crippen LogP contribution in [0.2, 0.25) is 0 Å². The van der Waals surface area contributed by atoms with Crippen LogP contribution in [0, 0.1) is 0 Å². The molecule has 0 bridgehead atoms. The minimum atomic E-state index is -4.13. The zero-order chi connectivity index (χ0) is 25.0. The van der Waals surface area contributed by atoms with Gasteiger partial charge >= 0.3 is 7.60 Å². The average Bonchev–Trinajstić information content (AvgIpc) is 2.89. The zero-order valence-corrected chi connectivity index (χ0v) is 21.9. The maximum atomic E-state index is 13.8. The molecule has 3 rings (SSSR count). The molecule has 3 N–H and O–H groups in total. The van der Waals surface area contributed by atoms with Crippen molar-refractivity contribution in [3.8, 4) is 5.75 Å². The summed E-state index contributed by atoms with van der Waals surface area (Å²) < 4.78 is 44.5. The van der Waals surface area contributed by atoms with Gasteiger partial charge in [0.25, 0.3) is 0 Å². The summed E-state index contributed by atoms with van der Waals surface area (Å²) in [4.78, 5) is 18.7. The van der Waals surface area contributed by atoms with E-state index in [9.17, 15) is 22.8 Å². The van der Waals surface area contributed by atoms with Gasteiger partial charge in [-0.15, -0.1) is 0 Å². The van der Waals surface area contributed by atoms with Crippen LogP contribution in [0.3, 0.4) is 0 Å². The molecule has 0 saturated carbocycles. The van der Waals surface area contributed by atoms with E-state index in [0.717, 1.165) is 24.8 Å². The second kappa shape index (κ2) is 10.9. The Hall–Kier alpha value is -1.70. The first-order valence-electron chi connectivity index (χ1n) is 11.8. The van der Waals surface area contributed by atoms with E-state index in [1.807, 2.05) is 37.3 Å². The van der Waals surface area contributed by atoms with Crippen molar-refractivity contribution in [3.63, 3.8) is 0 Å². The number of rotatable bonds is 10. The van der Waals surface area contributed by atoms with Gasteiger partial charge < -0.3 is 14.5 Å². The third kappa shape index (κ3) is 6.29. The third-order valence-electron chi connectivity index (χ3n) is 6.69. The first-order chi connectivity index (χ1) is 16.0. The molecule has 0 aromatic heterocycles. The van der Waals surface area contributed by atoms with E-state index in [1.165, 1.54) is 7.11 Å². The first kappa shape index (κ1) is 26.9. The normalized spacial score (nSPS) is 22.1. The van der Waals surface area contributed by atoms with Gasteiger partial charge in [0.1, 0.15) is 5.75 Å². The van der Waals surface area contributed by atoms with Gasteiger partial charge in [-0.2, -0.15) is 0 Å². The maximum Gasteiger partial charge on any atom is 0.325 e. The zero-order valence-electron chi connectivity index (χ0n) is 20.2. The van der Waals surface area contributed by atoms with E-state index in [4.69, 9.17) is 4.74 Å². The van der Waals surface area contributed by atoms with Crippen molar-refractivity contribution in [2.75, 3.05) is 19.0 Å². The largest absolute Gasteiger partial charge is 0.496 e. The van der Waals surface area contributed by atoms with Crippen LogP contribution in [0.1, 0.15) is 68.7 Å². The lowest BCUT2D eigenvalue weighted by Gasteiger charge is -2.36. The second-order valence-corrected chi connectivity index (χ2v) is 12.9. The van der Waals surface area contributed by atoms with Crippen molar-refractivity contribution in [1.82, 2.24) is 5.32 Å². The molecule has 1 aliphatic rings. The van der Waals surface area contributed by atoms with Gasteiger partial charge in [-0.1, -0.05) is 57.0 Å². The van der Waals surface area contributed by atoms with Crippen molar-refractivity contribution in [3.05, 3.63) is 59.2 Å². The minimum absolute atomic E-state index is 0.00108. The monoisotopic (exact) mass is 509 g/mol. The number of sulfone groups is 1. The predicted molar refractivity (Wildman–Crippen MR) is 134 cm³/mol. The Bertz CT molecular complexity index is 1130. The van der Waals surface area contributed by atoms with Crippen LogP contribution in [0.25, 0.3) is 0 Å². The topological polar surface area (TPSA) is 113 Å². The van der Waals surface area contributed by atoms with Crippen LogP contribution in [0.5, 0.6) is 5.75 Å². The molecule has 2 atom stereocenters. The number of fused-ring (bicyclic) bond motifs is 1. The summed E-state index contributed by atoms with van der Waals surface area (Å²) in [5.41, 5.74) is 1.70. The molecule has 0 aliphatic carbocycles. The molecule has 0 amide bonds. The van der Waals surface area contributed by atoms with Gasteiger partial charge in [0, 0.05) is 5.54 Å². The summed E-state index contributed by atoms with van der Waals surface area (Å²) in [5.74, 6) is 0.529. The standard InChI is InChI=1S/C25H36NO6PS/c1-4-6-14-25(5-2)18-34(30,31)23-16-20(13-10-15-33(27,28)29)22(32-3)17-21(23)24(26-25)19-11-8-7-9-12-19/h7-9,11-12,16-17,24,26H,4-6,10,13-15,18H2,1-3H3,(H2,27,28,29)/t24-,25-/m1/s1. The second-order valence-electron chi connectivity index (χ2n) is 9.18. The maximum absolute atomic E-state index is 13.8. The minimum Gasteiger partial charge on any atom is -0.496 e. The van der Waals surface area contributed by atoms with E-state index in [0.29, 0.717) is 29.7 Å². The number of nitrogens with one attached hydrogen (secondary N) is 1. The molecule has 9 heteroatoms. The number of benzene rings is 2. The quantitative estimate of drug-likeness (QED) is 0.401. The van der Waals surface area contributed by atoms with Crippen molar-refractivity contribution in [1.29, 1.82) is 0 Å². The summed E-state index contributed by atoms with van der Waals surface area (Å²) in [5, 5.41) is 3.74. The molecule has 2 aromatic rings. The highest BCUT2D eigenvalue weighted by Crippen LogP contribution is 2.42. The fourth-order valence-electron chi connectivity index (χ4n) is 4.79. The molecule has 2 aromatic carbocycles. The smallest absolute Gasteiger partial charge is 0.325 e. The molecule has 0 unspecified atom stereocenters. The van der Waals surface area contributed by atoms with E-state index < -0.39 is 23.0 Å². The van der Waals surface area contributed by atoms with Crippen molar-refractivity contribution >= 4 is 17.4 Å². The summed E-state index contributed by atoms with van der Waals surface area (Å²) in [6, 6.07) is 12.9. The molecule has 0 saturated heterocycles. The van der Waals surface area contributed by atoms with Gasteiger partial charge in [0.05, 0.1) is 30.0 Å². The van der Waals surface area contributed by atoms with Gasteiger partial charge in [-0.3, -0.25) is 9.88 Å². The Morgan fingerprint density at radius 2 is 1.85 bits per heavy atom. The lowest BCUT2D eigenvalue weighted by Crippen LogP contribution is -2.50. The van der Waals surface area contributed by atoms with Crippen LogP contribution in [0.15, 0.2) is 47.4 Å². The highest BCUT2D eigenvalue weighted by Gasteiger charge is 2.42. The molecule has 188 valence electrons. The molecular formula is C25H36NO6PS. The number of unbranched alkanes of at least 4 members (excludes halogenated alkanes) is 1. The molecule has 0 spiro atoms. The van der Waals surface area contributed by atoms with Crippen LogP contribution < -0.4 is 10.1 Å². The molecule has 34 heavy (non-hydrogen) atoms. The number of ether oxygens (including phenoxy) is 1. The molecule has 1 heterocycles.